The number of nitrogens with zero attached hydrogens (tertiary/aromatic N) is 1. The van der Waals surface area contributed by atoms with Gasteiger partial charge in [-0.2, -0.15) is 0 Å². The van der Waals surface area contributed by atoms with Crippen molar-refractivity contribution in [3.05, 3.63) is 0 Å². The van der Waals surface area contributed by atoms with Crippen molar-refractivity contribution in [3.63, 3.8) is 0 Å². The van der Waals surface area contributed by atoms with Gasteiger partial charge in [0, 0.05) is 19.5 Å². The number of Topliss-reactive ketones (excluding diaryl/α,β-unsaturated/α-hetero) is 1. The second-order valence-corrected chi connectivity index (χ2v) is 2.86. The van der Waals surface area contributed by atoms with Crippen LogP contribution in [0.4, 0.5) is 0 Å². The number of rotatable bonds is 3. The van der Waals surface area contributed by atoms with Crippen molar-refractivity contribution >= 4 is 5.78 Å². The fourth-order valence-electron chi connectivity index (χ4n) is 1.20. The molecule has 1 aliphatic heterocycles. The van der Waals surface area contributed by atoms with Crippen LogP contribution in [0.1, 0.15) is 6.42 Å². The molecule has 1 rings (SSSR count). The third-order valence-electron chi connectivity index (χ3n) is 1.79. The molecule has 0 saturated carbocycles. The third kappa shape index (κ3) is 2.57. The molecule has 4 heteroatoms. The van der Waals surface area contributed by atoms with Crippen molar-refractivity contribution in [2.45, 2.75) is 12.5 Å². The number of carbonyl (C=O) groups excluding carboxylic acids is 1. The maximum absolute atomic E-state index is 10.7. The normalized spacial score (nSPS) is 22.5. The lowest BCUT2D eigenvalue weighted by Crippen LogP contribution is -2.32. The van der Waals surface area contributed by atoms with E-state index in [4.69, 9.17) is 10.2 Å². The molecule has 0 amide bonds. The second kappa shape index (κ2) is 3.80. The molecule has 0 radical (unpaired) electrons. The van der Waals surface area contributed by atoms with Crippen LogP contribution in [-0.2, 0) is 4.79 Å². The maximum Gasteiger partial charge on any atom is 0.148 e. The van der Waals surface area contributed by atoms with E-state index in [1.165, 1.54) is 0 Å². The van der Waals surface area contributed by atoms with E-state index in [-0.39, 0.29) is 12.4 Å². The van der Waals surface area contributed by atoms with E-state index in [1.807, 2.05) is 4.90 Å². The molecule has 1 fully saturated rings. The van der Waals surface area contributed by atoms with Crippen LogP contribution in [0.25, 0.3) is 0 Å². The number of likely N-dealkylation sites (tertiary alicyclic amines) is 1. The highest BCUT2D eigenvalue weighted by atomic mass is 16.3. The smallest absolute Gasteiger partial charge is 0.148 e. The highest BCUT2D eigenvalue weighted by Crippen LogP contribution is 2.04. The molecule has 0 aromatic carbocycles. The minimum atomic E-state index is -0.708. The molecule has 1 atom stereocenters. The summed E-state index contributed by atoms with van der Waals surface area (Å²) >= 11 is 0. The van der Waals surface area contributed by atoms with Crippen LogP contribution >= 0.6 is 0 Å². The molecule has 1 aliphatic rings. The van der Waals surface area contributed by atoms with Crippen molar-refractivity contribution in [3.8, 4) is 0 Å². The standard InChI is InChI=1S/C7H13NO3/c9-5-7(11)4-8-2-1-6(10)3-8/h7,9,11H,1-5H2. The number of hydrogen-bond donors (Lipinski definition) is 2. The van der Waals surface area contributed by atoms with Gasteiger partial charge < -0.3 is 10.2 Å². The topological polar surface area (TPSA) is 60.8 Å². The zero-order chi connectivity index (χ0) is 8.27. The Kier molecular flexibility index (Phi) is 2.99. The van der Waals surface area contributed by atoms with Gasteiger partial charge in [0.25, 0.3) is 0 Å². The second-order valence-electron chi connectivity index (χ2n) is 2.86. The Balaban J connectivity index is 2.22. The summed E-state index contributed by atoms with van der Waals surface area (Å²) in [5.74, 6) is 0.218. The van der Waals surface area contributed by atoms with E-state index in [9.17, 15) is 4.79 Å². The van der Waals surface area contributed by atoms with Crippen molar-refractivity contribution in [1.82, 2.24) is 4.90 Å². The van der Waals surface area contributed by atoms with E-state index in [2.05, 4.69) is 0 Å². The van der Waals surface area contributed by atoms with E-state index < -0.39 is 6.10 Å². The van der Waals surface area contributed by atoms with Crippen LogP contribution in [0.3, 0.4) is 0 Å². The van der Waals surface area contributed by atoms with Gasteiger partial charge >= 0.3 is 0 Å². The highest BCUT2D eigenvalue weighted by Gasteiger charge is 2.20. The monoisotopic (exact) mass is 159 g/mol. The summed E-state index contributed by atoms with van der Waals surface area (Å²) in [6.45, 7) is 1.32. The van der Waals surface area contributed by atoms with Crippen LogP contribution in [0.15, 0.2) is 0 Å². The Morgan fingerprint density at radius 1 is 1.64 bits per heavy atom. The zero-order valence-electron chi connectivity index (χ0n) is 6.36. The predicted octanol–water partition coefficient (Wildman–Crippen LogP) is -1.39. The SMILES string of the molecule is O=C1CCN(CC(O)CO)C1. The van der Waals surface area contributed by atoms with E-state index >= 15 is 0 Å². The Morgan fingerprint density at radius 3 is 2.82 bits per heavy atom. The van der Waals surface area contributed by atoms with Crippen molar-refractivity contribution in [2.24, 2.45) is 0 Å². The average molecular weight is 159 g/mol. The Bertz CT molecular complexity index is 149. The number of ketones is 1. The summed E-state index contributed by atoms with van der Waals surface area (Å²) in [6.07, 6.45) is -0.126. The summed E-state index contributed by atoms with van der Waals surface area (Å²) in [6, 6.07) is 0. The van der Waals surface area contributed by atoms with Gasteiger partial charge in [-0.15, -0.1) is 0 Å². The minimum Gasteiger partial charge on any atom is -0.394 e. The van der Waals surface area contributed by atoms with Crippen LogP contribution < -0.4 is 0 Å². The van der Waals surface area contributed by atoms with Gasteiger partial charge in [-0.1, -0.05) is 0 Å². The average Bonchev–Trinajstić information content (AvgIpc) is 2.35. The molecule has 2 N–H and O–H groups in total. The first-order valence-corrected chi connectivity index (χ1v) is 3.75. The van der Waals surface area contributed by atoms with E-state index in [0.29, 0.717) is 19.5 Å². The molecule has 11 heavy (non-hydrogen) atoms. The summed E-state index contributed by atoms with van der Waals surface area (Å²) < 4.78 is 0. The molecule has 1 saturated heterocycles. The summed E-state index contributed by atoms with van der Waals surface area (Å²) in [4.78, 5) is 12.6. The van der Waals surface area contributed by atoms with Crippen molar-refractivity contribution in [2.75, 3.05) is 26.2 Å². The number of aliphatic hydroxyl groups is 2. The number of carbonyl (C=O) groups is 1. The van der Waals surface area contributed by atoms with Crippen LogP contribution in [0, 0.1) is 0 Å². The molecule has 0 spiro atoms. The maximum atomic E-state index is 10.7. The number of aliphatic hydroxyl groups excluding tert-OH is 2. The van der Waals surface area contributed by atoms with Gasteiger partial charge in [0.1, 0.15) is 5.78 Å². The Morgan fingerprint density at radius 2 is 2.36 bits per heavy atom. The Labute approximate surface area is 65.4 Å². The van der Waals surface area contributed by atoms with Gasteiger partial charge in [-0.3, -0.25) is 9.69 Å². The van der Waals surface area contributed by atoms with Crippen molar-refractivity contribution < 1.29 is 15.0 Å². The van der Waals surface area contributed by atoms with E-state index in [1.54, 1.807) is 0 Å². The molecule has 0 aliphatic carbocycles. The molecule has 4 nitrogen and oxygen atoms in total. The molecule has 0 aromatic rings. The van der Waals surface area contributed by atoms with Crippen LogP contribution in [-0.4, -0.2) is 53.2 Å². The predicted molar refractivity (Wildman–Crippen MR) is 39.2 cm³/mol. The van der Waals surface area contributed by atoms with Crippen molar-refractivity contribution in [1.29, 1.82) is 0 Å². The third-order valence-corrected chi connectivity index (χ3v) is 1.79. The zero-order valence-corrected chi connectivity index (χ0v) is 6.36. The van der Waals surface area contributed by atoms with Crippen LogP contribution in [0.5, 0.6) is 0 Å². The summed E-state index contributed by atoms with van der Waals surface area (Å²) in [5.41, 5.74) is 0. The first-order chi connectivity index (χ1) is 5.22. The van der Waals surface area contributed by atoms with Gasteiger partial charge in [-0.25, -0.2) is 0 Å². The largest absolute Gasteiger partial charge is 0.394 e. The molecular weight excluding hydrogens is 146 g/mol. The fourth-order valence-corrected chi connectivity index (χ4v) is 1.20. The molecule has 1 unspecified atom stereocenters. The van der Waals surface area contributed by atoms with Gasteiger partial charge in [0.05, 0.1) is 19.3 Å². The van der Waals surface area contributed by atoms with Gasteiger partial charge in [-0.05, 0) is 0 Å². The summed E-state index contributed by atoms with van der Waals surface area (Å²) in [7, 11) is 0. The lowest BCUT2D eigenvalue weighted by atomic mass is 10.3. The van der Waals surface area contributed by atoms with E-state index in [0.717, 1.165) is 6.54 Å². The van der Waals surface area contributed by atoms with Gasteiger partial charge in [0.2, 0.25) is 0 Å². The number of β-amino-alcohol motifs (C(OH)–C–C–N with tert-alkyl or cyclic N) is 1. The lowest BCUT2D eigenvalue weighted by molar-refractivity contribution is -0.117. The molecule has 64 valence electrons. The first kappa shape index (κ1) is 8.64. The quantitative estimate of drug-likeness (QED) is 0.532. The molecule has 0 aromatic heterocycles. The molecular formula is C7H13NO3. The minimum absolute atomic E-state index is 0.218. The lowest BCUT2D eigenvalue weighted by Gasteiger charge is -2.16. The summed E-state index contributed by atoms with van der Waals surface area (Å²) in [5, 5.41) is 17.5. The number of hydrogen-bond acceptors (Lipinski definition) is 4. The fraction of sp³-hybridized carbons (Fsp3) is 0.857. The Hall–Kier alpha value is -0.450. The van der Waals surface area contributed by atoms with Gasteiger partial charge in [0.15, 0.2) is 0 Å². The first-order valence-electron chi connectivity index (χ1n) is 3.75. The molecule has 1 heterocycles. The highest BCUT2D eigenvalue weighted by molar-refractivity contribution is 5.82. The molecule has 0 bridgehead atoms. The van der Waals surface area contributed by atoms with Crippen LogP contribution in [0.2, 0.25) is 0 Å².